The molecular weight excluding hydrogens is 700 g/mol. The molecule has 2 unspecified atom stereocenters. The first-order chi connectivity index (χ1) is 25.1. The van der Waals surface area contributed by atoms with Crippen LogP contribution < -0.4 is 21.3 Å². The fraction of sp³-hybridized carbons (Fsp3) is 0.727. The van der Waals surface area contributed by atoms with E-state index in [1.54, 1.807) is 13.8 Å². The molecule has 2 rings (SSSR count). The lowest BCUT2D eigenvalue weighted by Crippen LogP contribution is -2.59. The number of nitrogens with zero attached hydrogens (tertiary/aromatic N) is 3. The van der Waals surface area contributed by atoms with Gasteiger partial charge in [0.15, 0.2) is 0 Å². The molecule has 0 saturated carbocycles. The lowest BCUT2D eigenvalue weighted by Gasteiger charge is -2.29. The number of rotatable bonds is 24. The normalized spacial score (nSPS) is 17.5. The molecule has 1 aliphatic heterocycles. The number of aromatic amines is 1. The monoisotopic (exact) mass is 756 g/mol. The molecule has 0 aliphatic carbocycles. The summed E-state index contributed by atoms with van der Waals surface area (Å²) in [6, 6.07) is -4.60. The Morgan fingerprint density at radius 3 is 2.34 bits per heavy atom. The van der Waals surface area contributed by atoms with E-state index in [4.69, 9.17) is 14.7 Å². The minimum Gasteiger partial charge on any atom is -0.394 e. The molecule has 5 amide bonds. The second-order valence-corrected chi connectivity index (χ2v) is 13.7. The molecule has 1 fully saturated rings. The Hall–Kier alpha value is -4.21. The Morgan fingerprint density at radius 1 is 1.02 bits per heavy atom. The van der Waals surface area contributed by atoms with Gasteiger partial charge in [-0.25, -0.2) is 4.98 Å². The van der Waals surface area contributed by atoms with Gasteiger partial charge in [-0.15, -0.1) is 0 Å². The Balaban J connectivity index is 2.07. The smallest absolute Gasteiger partial charge is 0.245 e. The summed E-state index contributed by atoms with van der Waals surface area (Å²) in [4.78, 5) is 79.6. The zero-order valence-electron chi connectivity index (χ0n) is 30.7. The van der Waals surface area contributed by atoms with E-state index in [-0.39, 0.29) is 57.5 Å². The van der Waals surface area contributed by atoms with Gasteiger partial charge in [-0.1, -0.05) is 19.0 Å². The number of hydrogen-bond donors (Lipinski definition) is 10. The summed E-state index contributed by atoms with van der Waals surface area (Å²) in [7, 11) is 0. The van der Waals surface area contributed by atoms with Crippen molar-refractivity contribution in [2.24, 2.45) is 11.1 Å². The van der Waals surface area contributed by atoms with E-state index in [9.17, 15) is 44.4 Å². The average molecular weight is 757 g/mol. The molecular formula is C33H56N8O12. The van der Waals surface area contributed by atoms with Crippen LogP contribution in [0.15, 0.2) is 17.7 Å². The quantitative estimate of drug-likeness (QED) is 0.0278. The van der Waals surface area contributed by atoms with Gasteiger partial charge in [0, 0.05) is 24.9 Å². The summed E-state index contributed by atoms with van der Waals surface area (Å²) in [6.07, 6.45) is 1.88. The highest BCUT2D eigenvalue weighted by Crippen LogP contribution is 2.20. The van der Waals surface area contributed by atoms with Crippen LogP contribution in [0, 0.1) is 5.92 Å². The van der Waals surface area contributed by atoms with Crippen LogP contribution >= 0.6 is 0 Å². The third-order valence-electron chi connectivity index (χ3n) is 8.19. The third kappa shape index (κ3) is 15.7. The summed E-state index contributed by atoms with van der Waals surface area (Å²) >= 11 is 0. The van der Waals surface area contributed by atoms with E-state index < -0.39 is 78.8 Å². The molecule has 10 N–H and O–H groups in total. The number of ether oxygens (including phenoxy) is 1. The summed E-state index contributed by atoms with van der Waals surface area (Å²) in [5.41, 5.74) is -0.343. The third-order valence-corrected chi connectivity index (χ3v) is 8.19. The van der Waals surface area contributed by atoms with Gasteiger partial charge in [-0.05, 0) is 39.0 Å². The highest BCUT2D eigenvalue weighted by atomic mass is 16.6. The van der Waals surface area contributed by atoms with E-state index in [2.05, 4.69) is 36.4 Å². The predicted octanol–water partition coefficient (Wildman–Crippen LogP) is -3.55. The molecule has 300 valence electrons. The highest BCUT2D eigenvalue weighted by molar-refractivity contribution is 5.95. The number of carbonyl (C=O) groups is 5. The van der Waals surface area contributed by atoms with Gasteiger partial charge in [-0.3, -0.25) is 24.0 Å². The van der Waals surface area contributed by atoms with Crippen molar-refractivity contribution in [1.29, 1.82) is 0 Å². The number of H-pyrrole nitrogens is 1. The van der Waals surface area contributed by atoms with E-state index in [1.807, 2.05) is 13.8 Å². The summed E-state index contributed by atoms with van der Waals surface area (Å²) in [5, 5.41) is 60.6. The number of aliphatic hydroxyl groups excluding tert-OH is 5. The maximum Gasteiger partial charge on any atom is 0.245 e. The molecule has 1 aromatic rings. The largest absolute Gasteiger partial charge is 0.394 e. The number of amides is 5. The molecule has 1 saturated heterocycles. The second kappa shape index (κ2) is 22.8. The molecule has 1 aliphatic rings. The van der Waals surface area contributed by atoms with Gasteiger partial charge in [0.05, 0.1) is 57.5 Å². The van der Waals surface area contributed by atoms with Crippen molar-refractivity contribution in [3.63, 3.8) is 0 Å². The van der Waals surface area contributed by atoms with Crippen molar-refractivity contribution >= 4 is 35.8 Å². The van der Waals surface area contributed by atoms with Crippen LogP contribution in [0.3, 0.4) is 0 Å². The van der Waals surface area contributed by atoms with Crippen molar-refractivity contribution in [1.82, 2.24) is 36.1 Å². The molecule has 2 heterocycles. The van der Waals surface area contributed by atoms with E-state index in [0.717, 1.165) is 6.21 Å². The van der Waals surface area contributed by atoms with Crippen LogP contribution in [-0.4, -0.2) is 164 Å². The molecule has 53 heavy (non-hydrogen) atoms. The predicted molar refractivity (Wildman–Crippen MR) is 188 cm³/mol. The van der Waals surface area contributed by atoms with Crippen LogP contribution in [-0.2, 0) is 40.0 Å². The highest BCUT2D eigenvalue weighted by Gasteiger charge is 2.37. The van der Waals surface area contributed by atoms with Crippen LogP contribution in [0.5, 0.6) is 0 Å². The number of aliphatic hydroxyl groups is 5. The fourth-order valence-electron chi connectivity index (χ4n) is 5.19. The number of aromatic nitrogens is 2. The molecule has 0 bridgehead atoms. The Labute approximate surface area is 308 Å². The van der Waals surface area contributed by atoms with Crippen molar-refractivity contribution in [2.75, 3.05) is 46.1 Å². The number of likely N-dealkylation sites (tertiary alicyclic amines) is 1. The lowest BCUT2D eigenvalue weighted by atomic mass is 10.0. The van der Waals surface area contributed by atoms with Gasteiger partial charge >= 0.3 is 0 Å². The first-order valence-electron chi connectivity index (χ1n) is 17.6. The molecule has 0 spiro atoms. The van der Waals surface area contributed by atoms with Crippen molar-refractivity contribution in [3.8, 4) is 0 Å². The van der Waals surface area contributed by atoms with E-state index in [0.29, 0.717) is 25.1 Å². The van der Waals surface area contributed by atoms with Crippen molar-refractivity contribution in [2.45, 2.75) is 102 Å². The first kappa shape index (κ1) is 44.9. The van der Waals surface area contributed by atoms with Gasteiger partial charge in [-0.2, -0.15) is 0 Å². The minimum absolute atomic E-state index is 0.00556. The number of oxime groups is 1. The number of hydrogen-bond acceptors (Lipinski definition) is 14. The molecule has 1 aromatic heterocycles. The Kier molecular flexibility index (Phi) is 19.3. The molecule has 20 heteroatoms. The van der Waals surface area contributed by atoms with Crippen molar-refractivity contribution < 1.29 is 59.1 Å². The minimum atomic E-state index is -1.47. The number of imidazole rings is 1. The summed E-state index contributed by atoms with van der Waals surface area (Å²) in [5.74, 6) is -3.15. The van der Waals surface area contributed by atoms with Gasteiger partial charge in [0.2, 0.25) is 29.5 Å². The maximum atomic E-state index is 13.7. The topological polar surface area (TPSA) is 297 Å². The molecule has 0 aromatic carbocycles. The SMILES string of the molecule is CC(C)C[C@H](NC(=O)[C@@H]1CCCN1C(=O)CCOC(C)(C)CO)C(=O)N[C@@H](Cc1cnc[nH]1)C(=O)N[C@@H](CO)C(=O)NCCO/N=C/C(O)C(O)CO. The van der Waals surface area contributed by atoms with E-state index >= 15 is 0 Å². The molecule has 20 nitrogen and oxygen atoms in total. The average Bonchev–Trinajstić information content (AvgIpc) is 3.83. The molecule has 0 radical (unpaired) electrons. The Morgan fingerprint density at radius 2 is 1.72 bits per heavy atom. The van der Waals surface area contributed by atoms with Gasteiger partial charge in [0.1, 0.15) is 43.0 Å². The Bertz CT molecular complexity index is 1330. The van der Waals surface area contributed by atoms with E-state index in [1.165, 1.54) is 17.4 Å². The lowest BCUT2D eigenvalue weighted by molar-refractivity contribution is -0.141. The summed E-state index contributed by atoms with van der Waals surface area (Å²) in [6.45, 7) is 5.51. The van der Waals surface area contributed by atoms with Crippen LogP contribution in [0.1, 0.15) is 59.1 Å². The van der Waals surface area contributed by atoms with Gasteiger partial charge < -0.3 is 66.3 Å². The van der Waals surface area contributed by atoms with Crippen molar-refractivity contribution in [3.05, 3.63) is 18.2 Å². The van der Waals surface area contributed by atoms with Crippen LogP contribution in [0.2, 0.25) is 0 Å². The first-order valence-corrected chi connectivity index (χ1v) is 17.6. The maximum absolute atomic E-state index is 13.7. The second-order valence-electron chi connectivity index (χ2n) is 13.7. The number of carbonyl (C=O) groups excluding carboxylic acids is 5. The number of nitrogens with one attached hydrogen (secondary N) is 5. The zero-order valence-corrected chi connectivity index (χ0v) is 30.7. The van der Waals surface area contributed by atoms with Gasteiger partial charge in [0.25, 0.3) is 0 Å². The van der Waals surface area contributed by atoms with Crippen LogP contribution in [0.4, 0.5) is 0 Å². The fourth-order valence-corrected chi connectivity index (χ4v) is 5.19. The molecule has 6 atom stereocenters. The zero-order chi connectivity index (χ0) is 39.6. The standard InChI is InChI=1S/C33H56N8O12/c1-20(2)12-22(39-32(51)25-6-5-9-41(25)28(47)7-10-52-33(3,4)18-44)30(49)38-23(13-21-14-34-19-36-21)31(50)40-24(16-42)29(48)35-8-11-53-37-15-26(45)27(46)17-43/h14-15,19-20,22-27,42-46H,5-13,16-18H2,1-4H3,(H,34,36)(H,35,48)(H,38,49)(H,39,51)(H,40,50)/b37-15+/t22-,23-,24-,25-,26?,27?/m0/s1. The van der Waals surface area contributed by atoms with Crippen LogP contribution in [0.25, 0.3) is 0 Å². The summed E-state index contributed by atoms with van der Waals surface area (Å²) < 4.78 is 5.57.